The second-order valence-corrected chi connectivity index (χ2v) is 12.2. The van der Waals surface area contributed by atoms with Crippen molar-refractivity contribution in [2.24, 2.45) is 5.92 Å². The number of nitrogens with one attached hydrogen (secondary N) is 1. The van der Waals surface area contributed by atoms with E-state index in [1.54, 1.807) is 20.8 Å². The molecular formula is C26H37N3O7S. The molecular weight excluding hydrogens is 498 g/mol. The van der Waals surface area contributed by atoms with E-state index in [-0.39, 0.29) is 29.6 Å². The lowest BCUT2D eigenvalue weighted by atomic mass is 10.0. The molecule has 0 aliphatic rings. The molecule has 2 rings (SSSR count). The standard InChI is InChI=1S/C26H37N3O7S/c1-19(2)17-28(37(34,35)22-14-12-21(13-15-22)29(32)33)18-24(30)23(27-25(31)36-26(3,4)5)16-11-20-9-7-6-8-10-20/h6-10,12-15,19,23-24,30H,11,16-18H2,1-5H3,(H,27,31)/t23?,24-/m1/s1. The molecule has 2 N–H and O–H groups in total. The van der Waals surface area contributed by atoms with Gasteiger partial charge in [0.1, 0.15) is 5.60 Å². The van der Waals surface area contributed by atoms with Gasteiger partial charge in [-0.25, -0.2) is 13.2 Å². The number of benzene rings is 2. The van der Waals surface area contributed by atoms with Crippen LogP contribution in [0.3, 0.4) is 0 Å². The predicted molar refractivity (Wildman–Crippen MR) is 141 cm³/mol. The molecule has 1 unspecified atom stereocenters. The van der Waals surface area contributed by atoms with Crippen LogP contribution in [0.5, 0.6) is 0 Å². The number of sulfonamides is 1. The summed E-state index contributed by atoms with van der Waals surface area (Å²) in [5.74, 6) is -0.0680. The Morgan fingerprint density at radius 1 is 1.08 bits per heavy atom. The second-order valence-electron chi connectivity index (χ2n) is 10.3. The van der Waals surface area contributed by atoms with Gasteiger partial charge in [0.05, 0.1) is 22.0 Å². The number of aliphatic hydroxyl groups is 1. The Bertz CT molecular complexity index is 1130. The average Bonchev–Trinajstić information content (AvgIpc) is 2.80. The van der Waals surface area contributed by atoms with Gasteiger partial charge in [-0.3, -0.25) is 10.1 Å². The number of ether oxygens (including phenoxy) is 1. The van der Waals surface area contributed by atoms with Crippen molar-refractivity contribution in [2.75, 3.05) is 13.1 Å². The third-order valence-electron chi connectivity index (χ3n) is 5.40. The highest BCUT2D eigenvalue weighted by Crippen LogP contribution is 2.22. The van der Waals surface area contributed by atoms with E-state index < -0.39 is 38.8 Å². The van der Waals surface area contributed by atoms with Gasteiger partial charge < -0.3 is 15.2 Å². The van der Waals surface area contributed by atoms with Gasteiger partial charge in [0, 0.05) is 25.2 Å². The molecule has 0 bridgehead atoms. The van der Waals surface area contributed by atoms with Crippen LogP contribution < -0.4 is 5.32 Å². The highest BCUT2D eigenvalue weighted by atomic mass is 32.2. The summed E-state index contributed by atoms with van der Waals surface area (Å²) in [4.78, 5) is 22.8. The Hall–Kier alpha value is -3.02. The van der Waals surface area contributed by atoms with Gasteiger partial charge in [-0.15, -0.1) is 0 Å². The molecule has 10 nitrogen and oxygen atoms in total. The number of hydrogen-bond acceptors (Lipinski definition) is 7. The van der Waals surface area contributed by atoms with Gasteiger partial charge in [0.2, 0.25) is 10.0 Å². The van der Waals surface area contributed by atoms with Gasteiger partial charge in [0.15, 0.2) is 0 Å². The number of nitrogens with zero attached hydrogens (tertiary/aromatic N) is 2. The number of aliphatic hydroxyl groups excluding tert-OH is 1. The van der Waals surface area contributed by atoms with Crippen LogP contribution in [0.1, 0.15) is 46.6 Å². The summed E-state index contributed by atoms with van der Waals surface area (Å²) < 4.78 is 33.4. The zero-order valence-electron chi connectivity index (χ0n) is 22.0. The molecule has 0 saturated carbocycles. The number of nitro benzene ring substituents is 1. The van der Waals surface area contributed by atoms with Crippen LogP contribution in [0.4, 0.5) is 10.5 Å². The summed E-state index contributed by atoms with van der Waals surface area (Å²) in [7, 11) is -4.08. The zero-order valence-corrected chi connectivity index (χ0v) is 22.8. The quantitative estimate of drug-likeness (QED) is 0.308. The lowest BCUT2D eigenvalue weighted by molar-refractivity contribution is -0.384. The van der Waals surface area contributed by atoms with Crippen molar-refractivity contribution < 1.29 is 28.0 Å². The first-order valence-electron chi connectivity index (χ1n) is 12.1. The van der Waals surface area contributed by atoms with Crippen LogP contribution in [0.2, 0.25) is 0 Å². The van der Waals surface area contributed by atoms with Crippen LogP contribution >= 0.6 is 0 Å². The van der Waals surface area contributed by atoms with Gasteiger partial charge >= 0.3 is 6.09 Å². The van der Waals surface area contributed by atoms with Crippen LogP contribution in [0, 0.1) is 16.0 Å². The molecule has 37 heavy (non-hydrogen) atoms. The normalized spacial score (nSPS) is 13.8. The van der Waals surface area contributed by atoms with Crippen molar-refractivity contribution in [1.29, 1.82) is 0 Å². The number of nitro groups is 1. The molecule has 204 valence electrons. The highest BCUT2D eigenvalue weighted by Gasteiger charge is 2.32. The Morgan fingerprint density at radius 3 is 2.19 bits per heavy atom. The number of hydrogen-bond donors (Lipinski definition) is 2. The number of non-ortho nitro benzene ring substituents is 1. The third kappa shape index (κ3) is 9.75. The van der Waals surface area contributed by atoms with Crippen molar-refractivity contribution in [3.8, 4) is 0 Å². The Kier molecular flexibility index (Phi) is 10.6. The molecule has 1 amide bonds. The molecule has 2 atom stereocenters. The molecule has 2 aromatic carbocycles. The third-order valence-corrected chi connectivity index (χ3v) is 7.24. The summed E-state index contributed by atoms with van der Waals surface area (Å²) in [5, 5.41) is 24.9. The van der Waals surface area contributed by atoms with E-state index in [9.17, 15) is 28.4 Å². The van der Waals surface area contributed by atoms with Gasteiger partial charge in [-0.1, -0.05) is 44.2 Å². The summed E-state index contributed by atoms with van der Waals surface area (Å²) in [6.45, 7) is 8.68. The van der Waals surface area contributed by atoms with Crippen molar-refractivity contribution >= 4 is 21.8 Å². The monoisotopic (exact) mass is 535 g/mol. The fraction of sp³-hybridized carbons (Fsp3) is 0.500. The first-order chi connectivity index (χ1) is 17.2. The Labute approximate surface area is 218 Å². The first-order valence-corrected chi connectivity index (χ1v) is 13.6. The first kappa shape index (κ1) is 30.2. The fourth-order valence-corrected chi connectivity index (χ4v) is 5.31. The zero-order chi connectivity index (χ0) is 27.8. The Balaban J connectivity index is 2.29. The molecule has 0 aliphatic carbocycles. The van der Waals surface area contributed by atoms with E-state index in [1.807, 2.05) is 44.2 Å². The molecule has 0 aromatic heterocycles. The van der Waals surface area contributed by atoms with E-state index in [0.29, 0.717) is 12.8 Å². The number of aryl methyl sites for hydroxylation is 1. The number of carbonyl (C=O) groups is 1. The summed E-state index contributed by atoms with van der Waals surface area (Å²) in [6, 6.07) is 13.4. The van der Waals surface area contributed by atoms with Crippen LogP contribution in [0.25, 0.3) is 0 Å². The van der Waals surface area contributed by atoms with Gasteiger partial charge in [-0.05, 0) is 57.2 Å². The minimum absolute atomic E-state index is 0.0680. The molecule has 0 fully saturated rings. The maximum Gasteiger partial charge on any atom is 0.407 e. The second kappa shape index (κ2) is 13.0. The van der Waals surface area contributed by atoms with E-state index >= 15 is 0 Å². The lowest BCUT2D eigenvalue weighted by Crippen LogP contribution is -2.51. The molecule has 0 aliphatic heterocycles. The maximum absolute atomic E-state index is 13.4. The largest absolute Gasteiger partial charge is 0.444 e. The minimum atomic E-state index is -4.08. The lowest BCUT2D eigenvalue weighted by Gasteiger charge is -2.31. The number of carbonyl (C=O) groups excluding carboxylic acids is 1. The molecule has 2 aromatic rings. The van der Waals surface area contributed by atoms with Crippen LogP contribution in [-0.2, 0) is 21.2 Å². The molecule has 0 saturated heterocycles. The Morgan fingerprint density at radius 2 is 1.68 bits per heavy atom. The molecule has 0 spiro atoms. The summed E-state index contributed by atoms with van der Waals surface area (Å²) >= 11 is 0. The molecule has 0 heterocycles. The van der Waals surface area contributed by atoms with Gasteiger partial charge in [0.25, 0.3) is 5.69 Å². The fourth-order valence-electron chi connectivity index (χ4n) is 3.69. The van der Waals surface area contributed by atoms with E-state index in [4.69, 9.17) is 4.74 Å². The van der Waals surface area contributed by atoms with Crippen molar-refractivity contribution in [2.45, 2.75) is 70.1 Å². The van der Waals surface area contributed by atoms with Crippen LogP contribution in [-0.4, -0.2) is 59.7 Å². The van der Waals surface area contributed by atoms with Crippen molar-refractivity contribution in [3.63, 3.8) is 0 Å². The average molecular weight is 536 g/mol. The SMILES string of the molecule is CC(C)CN(C[C@@H](O)C(CCc1ccccc1)NC(=O)OC(C)(C)C)S(=O)(=O)c1ccc([N+](=O)[O-])cc1. The number of alkyl carbamates (subject to hydrolysis) is 1. The number of amides is 1. The predicted octanol–water partition coefficient (Wildman–Crippen LogP) is 4.13. The smallest absolute Gasteiger partial charge is 0.407 e. The van der Waals surface area contributed by atoms with Crippen molar-refractivity contribution in [3.05, 3.63) is 70.3 Å². The van der Waals surface area contributed by atoms with Gasteiger partial charge in [-0.2, -0.15) is 4.31 Å². The topological polar surface area (TPSA) is 139 Å². The minimum Gasteiger partial charge on any atom is -0.444 e. The van der Waals surface area contributed by atoms with E-state index in [1.165, 1.54) is 12.1 Å². The van der Waals surface area contributed by atoms with E-state index in [0.717, 1.165) is 22.0 Å². The van der Waals surface area contributed by atoms with E-state index in [2.05, 4.69) is 5.32 Å². The molecule has 11 heteroatoms. The van der Waals surface area contributed by atoms with Crippen molar-refractivity contribution in [1.82, 2.24) is 9.62 Å². The summed E-state index contributed by atoms with van der Waals surface area (Å²) in [5.41, 5.74) is 0.0299. The maximum atomic E-state index is 13.4. The molecule has 0 radical (unpaired) electrons. The van der Waals surface area contributed by atoms with Crippen LogP contribution in [0.15, 0.2) is 59.5 Å². The summed E-state index contributed by atoms with van der Waals surface area (Å²) in [6.07, 6.45) is -1.07. The number of rotatable bonds is 12. The highest BCUT2D eigenvalue weighted by molar-refractivity contribution is 7.89.